The van der Waals surface area contributed by atoms with E-state index in [0.29, 0.717) is 17.9 Å². The molecule has 0 spiro atoms. The van der Waals surface area contributed by atoms with Crippen molar-refractivity contribution >= 4 is 17.6 Å². The third-order valence-electron chi connectivity index (χ3n) is 2.92. The van der Waals surface area contributed by atoms with Crippen LogP contribution in [0, 0.1) is 12.7 Å². The number of carbonyl (C=O) groups excluding carboxylic acids is 2. The molecule has 1 heterocycles. The molecule has 1 amide bonds. The first kappa shape index (κ1) is 15.7. The number of anilines is 1. The molecule has 0 saturated carbocycles. The van der Waals surface area contributed by atoms with Gasteiger partial charge in [-0.05, 0) is 31.5 Å². The van der Waals surface area contributed by atoms with Crippen molar-refractivity contribution in [2.75, 3.05) is 11.9 Å². The van der Waals surface area contributed by atoms with Crippen LogP contribution in [0.4, 0.5) is 10.1 Å². The van der Waals surface area contributed by atoms with Crippen LogP contribution >= 0.6 is 0 Å². The number of rotatable bonds is 5. The molecule has 6 nitrogen and oxygen atoms in total. The van der Waals surface area contributed by atoms with Crippen molar-refractivity contribution in [1.82, 2.24) is 5.16 Å². The Morgan fingerprint density at radius 2 is 2.18 bits per heavy atom. The highest BCUT2D eigenvalue weighted by molar-refractivity contribution is 5.96. The zero-order chi connectivity index (χ0) is 16.1. The van der Waals surface area contributed by atoms with Crippen molar-refractivity contribution in [2.45, 2.75) is 20.3 Å². The lowest BCUT2D eigenvalue weighted by molar-refractivity contribution is -0.119. The molecule has 2 aromatic rings. The number of aromatic nitrogens is 1. The Bertz CT molecular complexity index is 697. The minimum absolute atomic E-state index is 0.237. The van der Waals surface area contributed by atoms with Crippen LogP contribution in [-0.2, 0) is 16.0 Å². The van der Waals surface area contributed by atoms with Crippen LogP contribution < -0.4 is 5.32 Å². The van der Waals surface area contributed by atoms with E-state index in [1.807, 2.05) is 6.92 Å². The van der Waals surface area contributed by atoms with E-state index in [2.05, 4.69) is 10.5 Å². The summed E-state index contributed by atoms with van der Waals surface area (Å²) in [6.45, 7) is 2.93. The van der Waals surface area contributed by atoms with Crippen LogP contribution in [0.15, 0.2) is 28.8 Å². The van der Waals surface area contributed by atoms with E-state index in [1.165, 1.54) is 24.3 Å². The van der Waals surface area contributed by atoms with Gasteiger partial charge in [-0.15, -0.1) is 0 Å². The molecule has 0 atom stereocenters. The number of halogens is 1. The lowest BCUT2D eigenvalue weighted by Crippen LogP contribution is -2.21. The molecule has 0 aliphatic rings. The molecule has 116 valence electrons. The highest BCUT2D eigenvalue weighted by atomic mass is 19.1. The van der Waals surface area contributed by atoms with E-state index in [4.69, 9.17) is 9.26 Å². The molecular formula is C15H15FN2O4. The highest BCUT2D eigenvalue weighted by Gasteiger charge is 2.21. The van der Waals surface area contributed by atoms with Crippen LogP contribution in [0.5, 0.6) is 0 Å². The summed E-state index contributed by atoms with van der Waals surface area (Å²) in [7, 11) is 0. The number of benzene rings is 1. The number of esters is 1. The average molecular weight is 306 g/mol. The molecule has 1 aromatic carbocycles. The smallest absolute Gasteiger partial charge is 0.344 e. The Kier molecular flexibility index (Phi) is 4.88. The summed E-state index contributed by atoms with van der Waals surface area (Å²) in [4.78, 5) is 23.6. The zero-order valence-electron chi connectivity index (χ0n) is 12.2. The lowest BCUT2D eigenvalue weighted by atomic mass is 10.1. The van der Waals surface area contributed by atoms with Gasteiger partial charge in [0.1, 0.15) is 17.1 Å². The Morgan fingerprint density at radius 1 is 1.41 bits per heavy atom. The predicted molar refractivity (Wildman–Crippen MR) is 75.9 cm³/mol. The Hall–Kier alpha value is -2.70. The number of amides is 1. The normalized spacial score (nSPS) is 10.3. The number of hydrogen-bond acceptors (Lipinski definition) is 5. The maximum atomic E-state index is 13.0. The standard InChI is InChI=1S/C15H15FN2O4/c1-3-12-14(9(2)22-18-12)15(20)21-8-13(19)17-11-6-4-5-10(16)7-11/h4-7H,3,8H2,1-2H3,(H,17,19). The summed E-state index contributed by atoms with van der Waals surface area (Å²) >= 11 is 0. The number of carbonyl (C=O) groups is 2. The summed E-state index contributed by atoms with van der Waals surface area (Å²) in [6.07, 6.45) is 0.511. The van der Waals surface area contributed by atoms with Gasteiger partial charge in [-0.3, -0.25) is 4.79 Å². The van der Waals surface area contributed by atoms with Gasteiger partial charge in [0.25, 0.3) is 5.91 Å². The fraction of sp³-hybridized carbons (Fsp3) is 0.267. The largest absolute Gasteiger partial charge is 0.452 e. The molecule has 22 heavy (non-hydrogen) atoms. The minimum atomic E-state index is -0.676. The lowest BCUT2D eigenvalue weighted by Gasteiger charge is -2.06. The molecule has 1 N–H and O–H groups in total. The van der Waals surface area contributed by atoms with E-state index in [-0.39, 0.29) is 11.3 Å². The van der Waals surface area contributed by atoms with Gasteiger partial charge in [0, 0.05) is 5.69 Å². The van der Waals surface area contributed by atoms with Crippen LogP contribution in [0.2, 0.25) is 0 Å². The number of hydrogen-bond donors (Lipinski definition) is 1. The van der Waals surface area contributed by atoms with E-state index in [9.17, 15) is 14.0 Å². The van der Waals surface area contributed by atoms with E-state index in [1.54, 1.807) is 6.92 Å². The predicted octanol–water partition coefficient (Wildman–Crippen LogP) is 2.48. The SMILES string of the molecule is CCc1noc(C)c1C(=O)OCC(=O)Nc1cccc(F)c1. The molecule has 0 aliphatic carbocycles. The van der Waals surface area contributed by atoms with Crippen LogP contribution in [0.25, 0.3) is 0 Å². The molecule has 1 aromatic heterocycles. The van der Waals surface area contributed by atoms with Gasteiger partial charge in [0.05, 0.1) is 5.69 Å². The summed E-state index contributed by atoms with van der Waals surface area (Å²) in [6, 6.07) is 5.42. The van der Waals surface area contributed by atoms with Crippen molar-refractivity contribution in [3.63, 3.8) is 0 Å². The van der Waals surface area contributed by atoms with Crippen molar-refractivity contribution in [2.24, 2.45) is 0 Å². The summed E-state index contributed by atoms with van der Waals surface area (Å²) in [5.41, 5.74) is 1.01. The van der Waals surface area contributed by atoms with E-state index < -0.39 is 24.3 Å². The third kappa shape index (κ3) is 3.69. The van der Waals surface area contributed by atoms with Gasteiger partial charge in [0.2, 0.25) is 0 Å². The molecule has 7 heteroatoms. The van der Waals surface area contributed by atoms with Gasteiger partial charge in [0.15, 0.2) is 6.61 Å². The highest BCUT2D eigenvalue weighted by Crippen LogP contribution is 2.15. The Balaban J connectivity index is 1.93. The van der Waals surface area contributed by atoms with Gasteiger partial charge in [-0.1, -0.05) is 18.1 Å². The van der Waals surface area contributed by atoms with Crippen molar-refractivity contribution in [3.8, 4) is 0 Å². The first-order valence-electron chi connectivity index (χ1n) is 6.69. The van der Waals surface area contributed by atoms with Gasteiger partial charge >= 0.3 is 5.97 Å². The second-order valence-corrected chi connectivity index (χ2v) is 4.55. The third-order valence-corrected chi connectivity index (χ3v) is 2.92. The van der Waals surface area contributed by atoms with Crippen molar-refractivity contribution < 1.29 is 23.2 Å². The average Bonchev–Trinajstić information content (AvgIpc) is 2.86. The summed E-state index contributed by atoms with van der Waals surface area (Å²) < 4.78 is 22.9. The van der Waals surface area contributed by atoms with E-state index >= 15 is 0 Å². The van der Waals surface area contributed by atoms with Gasteiger partial charge in [-0.2, -0.15) is 0 Å². The maximum Gasteiger partial charge on any atom is 0.344 e. The minimum Gasteiger partial charge on any atom is -0.452 e. The second kappa shape index (κ2) is 6.84. The summed E-state index contributed by atoms with van der Waals surface area (Å²) in [5.74, 6) is -1.37. The first-order chi connectivity index (χ1) is 10.5. The van der Waals surface area contributed by atoms with Crippen LogP contribution in [-0.4, -0.2) is 23.6 Å². The number of ether oxygens (including phenoxy) is 1. The second-order valence-electron chi connectivity index (χ2n) is 4.55. The zero-order valence-corrected chi connectivity index (χ0v) is 12.2. The Labute approximate surface area is 126 Å². The maximum absolute atomic E-state index is 13.0. The quantitative estimate of drug-likeness (QED) is 0.858. The monoisotopic (exact) mass is 306 g/mol. The fourth-order valence-corrected chi connectivity index (χ4v) is 1.89. The number of aryl methyl sites for hydroxylation is 2. The van der Waals surface area contributed by atoms with Gasteiger partial charge in [-0.25, -0.2) is 9.18 Å². The molecule has 0 saturated heterocycles. The van der Waals surface area contributed by atoms with Crippen LogP contribution in [0.3, 0.4) is 0 Å². The van der Waals surface area contributed by atoms with Crippen LogP contribution in [0.1, 0.15) is 28.7 Å². The molecular weight excluding hydrogens is 291 g/mol. The van der Waals surface area contributed by atoms with Crippen molar-refractivity contribution in [3.05, 3.63) is 47.1 Å². The number of nitrogens with zero attached hydrogens (tertiary/aromatic N) is 1. The fourth-order valence-electron chi connectivity index (χ4n) is 1.89. The summed E-state index contributed by atoms with van der Waals surface area (Å²) in [5, 5.41) is 6.17. The number of nitrogens with one attached hydrogen (secondary N) is 1. The molecule has 0 bridgehead atoms. The topological polar surface area (TPSA) is 81.4 Å². The van der Waals surface area contributed by atoms with Crippen molar-refractivity contribution in [1.29, 1.82) is 0 Å². The van der Waals surface area contributed by atoms with E-state index in [0.717, 1.165) is 0 Å². The molecule has 0 fully saturated rings. The molecule has 0 aliphatic heterocycles. The first-order valence-corrected chi connectivity index (χ1v) is 6.69. The van der Waals surface area contributed by atoms with Gasteiger partial charge < -0.3 is 14.6 Å². The Morgan fingerprint density at radius 3 is 2.86 bits per heavy atom. The molecule has 0 unspecified atom stereocenters. The molecule has 2 rings (SSSR count). The molecule has 0 radical (unpaired) electrons.